The second-order valence-corrected chi connectivity index (χ2v) is 11.3. The van der Waals surface area contributed by atoms with Gasteiger partial charge in [-0.2, -0.15) is 4.72 Å². The van der Waals surface area contributed by atoms with Gasteiger partial charge < -0.3 is 5.32 Å². The Morgan fingerprint density at radius 3 is 1.97 bits per heavy atom. The molecule has 0 aliphatic heterocycles. The molecule has 0 spiro atoms. The van der Waals surface area contributed by atoms with Crippen molar-refractivity contribution in [1.29, 1.82) is 0 Å². The quantitative estimate of drug-likeness (QED) is 0.448. The lowest BCUT2D eigenvalue weighted by Crippen LogP contribution is -2.48. The van der Waals surface area contributed by atoms with Gasteiger partial charge in [0, 0.05) is 0 Å². The number of nitrogens with one attached hydrogen (secondary N) is 2. The summed E-state index contributed by atoms with van der Waals surface area (Å²) in [7, 11) is -3.93. The zero-order valence-corrected chi connectivity index (χ0v) is 22.5. The Hall–Kier alpha value is -2.96. The fourth-order valence-electron chi connectivity index (χ4n) is 4.72. The van der Waals surface area contributed by atoms with Crippen molar-refractivity contribution in [1.82, 2.24) is 10.0 Å². The molecule has 2 N–H and O–H groups in total. The van der Waals surface area contributed by atoms with Crippen LogP contribution in [0.4, 0.5) is 0 Å². The average molecular weight is 493 g/mol. The summed E-state index contributed by atoms with van der Waals surface area (Å²) >= 11 is 0. The summed E-state index contributed by atoms with van der Waals surface area (Å²) in [6.07, 6.45) is 0.245. The molecular formula is C29H36N2O3S. The van der Waals surface area contributed by atoms with E-state index in [1.807, 2.05) is 70.2 Å². The van der Waals surface area contributed by atoms with Gasteiger partial charge in [-0.1, -0.05) is 60.2 Å². The summed E-state index contributed by atoms with van der Waals surface area (Å²) in [5.74, 6) is -0.357. The maximum atomic E-state index is 13.5. The standard InChI is InChI=1S/C29H36N2O3S/c1-18-13-22(5)28(23(6)14-18)35(33,34)31-27(17-25-11-9-8-10-12-25)29(32)30-24(7)26-16-20(3)19(2)15-21(26)4/h8-16,24,27,31H,17H2,1-7H3,(H,30,32)/t24-,27+/m1/s1. The normalized spacial score (nSPS) is 13.3. The van der Waals surface area contributed by atoms with Crippen molar-refractivity contribution in [2.75, 3.05) is 0 Å². The van der Waals surface area contributed by atoms with E-state index in [0.717, 1.165) is 27.8 Å². The van der Waals surface area contributed by atoms with Gasteiger partial charge in [-0.05, 0) is 93.8 Å². The SMILES string of the molecule is Cc1cc(C)c(S(=O)(=O)N[C@@H](Cc2ccccc2)C(=O)N[C@H](C)c2cc(C)c(C)cc2C)c(C)c1. The molecule has 0 unspecified atom stereocenters. The first kappa shape index (κ1) is 26.6. The lowest BCUT2D eigenvalue weighted by Gasteiger charge is -2.24. The first-order chi connectivity index (χ1) is 16.4. The number of rotatable bonds is 8. The van der Waals surface area contributed by atoms with Gasteiger partial charge in [-0.25, -0.2) is 8.42 Å². The van der Waals surface area contributed by atoms with E-state index < -0.39 is 16.1 Å². The predicted octanol–water partition coefficient (Wildman–Crippen LogP) is 5.30. The number of hydrogen-bond acceptors (Lipinski definition) is 3. The van der Waals surface area contributed by atoms with Crippen molar-refractivity contribution < 1.29 is 13.2 Å². The molecule has 0 aromatic heterocycles. The van der Waals surface area contributed by atoms with E-state index in [1.165, 1.54) is 5.56 Å². The molecule has 3 aromatic rings. The molecule has 0 fully saturated rings. The molecule has 186 valence electrons. The molecule has 2 atom stereocenters. The number of hydrogen-bond donors (Lipinski definition) is 2. The highest BCUT2D eigenvalue weighted by Gasteiger charge is 2.29. The maximum absolute atomic E-state index is 13.5. The number of benzene rings is 3. The average Bonchev–Trinajstić information content (AvgIpc) is 2.75. The maximum Gasteiger partial charge on any atom is 0.241 e. The molecule has 35 heavy (non-hydrogen) atoms. The highest BCUT2D eigenvalue weighted by atomic mass is 32.2. The van der Waals surface area contributed by atoms with Crippen LogP contribution in [0, 0.1) is 41.5 Å². The van der Waals surface area contributed by atoms with E-state index in [0.29, 0.717) is 11.1 Å². The lowest BCUT2D eigenvalue weighted by atomic mass is 9.96. The van der Waals surface area contributed by atoms with Crippen LogP contribution in [0.2, 0.25) is 0 Å². The molecule has 6 heteroatoms. The number of carbonyl (C=O) groups is 1. The van der Waals surface area contributed by atoms with Crippen LogP contribution in [0.3, 0.4) is 0 Å². The smallest absolute Gasteiger partial charge is 0.241 e. The minimum atomic E-state index is -3.93. The highest BCUT2D eigenvalue weighted by molar-refractivity contribution is 7.89. The van der Waals surface area contributed by atoms with Gasteiger partial charge in [-0.15, -0.1) is 0 Å². The Morgan fingerprint density at radius 2 is 1.37 bits per heavy atom. The van der Waals surface area contributed by atoms with Gasteiger partial charge in [0.05, 0.1) is 10.9 Å². The molecule has 3 rings (SSSR count). The zero-order valence-electron chi connectivity index (χ0n) is 21.7. The highest BCUT2D eigenvalue weighted by Crippen LogP contribution is 2.24. The van der Waals surface area contributed by atoms with Crippen LogP contribution in [0.25, 0.3) is 0 Å². The second-order valence-electron chi connectivity index (χ2n) is 9.61. The summed E-state index contributed by atoms with van der Waals surface area (Å²) in [5.41, 5.74) is 7.65. The van der Waals surface area contributed by atoms with Crippen molar-refractivity contribution in [2.45, 2.75) is 71.9 Å². The number of carbonyl (C=O) groups excluding carboxylic acids is 1. The lowest BCUT2D eigenvalue weighted by molar-refractivity contribution is -0.123. The van der Waals surface area contributed by atoms with Crippen LogP contribution < -0.4 is 10.0 Å². The van der Waals surface area contributed by atoms with E-state index in [9.17, 15) is 13.2 Å². The van der Waals surface area contributed by atoms with Gasteiger partial charge in [0.15, 0.2) is 0 Å². The molecule has 0 bridgehead atoms. The minimum Gasteiger partial charge on any atom is -0.348 e. The summed E-state index contributed by atoms with van der Waals surface area (Å²) in [6, 6.07) is 16.1. The van der Waals surface area contributed by atoms with Crippen LogP contribution in [0.1, 0.15) is 57.5 Å². The van der Waals surface area contributed by atoms with E-state index >= 15 is 0 Å². The van der Waals surface area contributed by atoms with Crippen molar-refractivity contribution in [3.05, 3.63) is 99.1 Å². The zero-order chi connectivity index (χ0) is 25.9. The van der Waals surface area contributed by atoms with Gasteiger partial charge in [0.1, 0.15) is 6.04 Å². The van der Waals surface area contributed by atoms with E-state index in [4.69, 9.17) is 0 Å². The van der Waals surface area contributed by atoms with E-state index in [2.05, 4.69) is 29.1 Å². The Morgan fingerprint density at radius 1 is 0.800 bits per heavy atom. The fraction of sp³-hybridized carbons (Fsp3) is 0.345. The molecule has 0 saturated carbocycles. The summed E-state index contributed by atoms with van der Waals surface area (Å²) in [6.45, 7) is 13.6. The Bertz CT molecular complexity index is 1310. The third-order valence-electron chi connectivity index (χ3n) is 6.48. The molecule has 0 radical (unpaired) electrons. The topological polar surface area (TPSA) is 75.3 Å². The monoisotopic (exact) mass is 492 g/mol. The summed E-state index contributed by atoms with van der Waals surface area (Å²) in [4.78, 5) is 13.7. The summed E-state index contributed by atoms with van der Waals surface area (Å²) < 4.78 is 29.7. The Kier molecular flexibility index (Phi) is 8.18. The van der Waals surface area contributed by atoms with Crippen LogP contribution in [-0.2, 0) is 21.2 Å². The largest absolute Gasteiger partial charge is 0.348 e. The van der Waals surface area contributed by atoms with Crippen molar-refractivity contribution in [3.63, 3.8) is 0 Å². The molecule has 0 aliphatic rings. The molecule has 3 aromatic carbocycles. The molecular weight excluding hydrogens is 456 g/mol. The number of aryl methyl sites for hydroxylation is 6. The fourth-order valence-corrected chi connectivity index (χ4v) is 6.36. The molecule has 1 amide bonds. The van der Waals surface area contributed by atoms with Crippen LogP contribution >= 0.6 is 0 Å². The third-order valence-corrected chi connectivity index (χ3v) is 8.25. The molecule has 0 saturated heterocycles. The van der Waals surface area contributed by atoms with Crippen molar-refractivity contribution in [2.24, 2.45) is 0 Å². The van der Waals surface area contributed by atoms with E-state index in [1.54, 1.807) is 13.8 Å². The molecule has 0 heterocycles. The van der Waals surface area contributed by atoms with Gasteiger partial charge in [-0.3, -0.25) is 4.79 Å². The van der Waals surface area contributed by atoms with Gasteiger partial charge in [0.2, 0.25) is 15.9 Å². The van der Waals surface area contributed by atoms with Gasteiger partial charge >= 0.3 is 0 Å². The first-order valence-electron chi connectivity index (χ1n) is 11.9. The Labute approximate surface area is 210 Å². The third kappa shape index (κ3) is 6.38. The Balaban J connectivity index is 1.93. The molecule has 0 aliphatic carbocycles. The van der Waals surface area contributed by atoms with Crippen LogP contribution in [-0.4, -0.2) is 20.4 Å². The minimum absolute atomic E-state index is 0.229. The first-order valence-corrected chi connectivity index (χ1v) is 13.4. The molecule has 5 nitrogen and oxygen atoms in total. The summed E-state index contributed by atoms with van der Waals surface area (Å²) in [5, 5.41) is 3.05. The van der Waals surface area contributed by atoms with E-state index in [-0.39, 0.29) is 23.3 Å². The van der Waals surface area contributed by atoms with Crippen molar-refractivity contribution in [3.8, 4) is 0 Å². The predicted molar refractivity (Wildman–Crippen MR) is 142 cm³/mol. The number of sulfonamides is 1. The number of amides is 1. The van der Waals surface area contributed by atoms with Crippen LogP contribution in [0.15, 0.2) is 59.5 Å². The van der Waals surface area contributed by atoms with Crippen molar-refractivity contribution >= 4 is 15.9 Å². The second kappa shape index (κ2) is 10.8. The van der Waals surface area contributed by atoms with Gasteiger partial charge in [0.25, 0.3) is 0 Å². The van der Waals surface area contributed by atoms with Crippen LogP contribution in [0.5, 0.6) is 0 Å².